The molecule has 1 rings (SSSR count). The van der Waals surface area contributed by atoms with Gasteiger partial charge in [-0.2, -0.15) is 0 Å². The first kappa shape index (κ1) is 16.5. The van der Waals surface area contributed by atoms with E-state index in [1.54, 1.807) is 23.1 Å². The molecule has 0 fully saturated rings. The lowest BCUT2D eigenvalue weighted by molar-refractivity contribution is -0.143. The van der Waals surface area contributed by atoms with Crippen LogP contribution in [-0.4, -0.2) is 34.0 Å². The van der Waals surface area contributed by atoms with Crippen molar-refractivity contribution in [2.75, 3.05) is 0 Å². The number of halogens is 1. The first-order valence-corrected chi connectivity index (χ1v) is 6.71. The monoisotopic (exact) mass is 298 g/mol. The second-order valence-corrected chi connectivity index (χ2v) is 5.33. The van der Waals surface area contributed by atoms with Crippen molar-refractivity contribution in [1.82, 2.24) is 4.90 Å². The fourth-order valence-electron chi connectivity index (χ4n) is 1.84. The lowest BCUT2D eigenvalue weighted by Crippen LogP contribution is -2.47. The Bertz CT molecular complexity index is 491. The Morgan fingerprint density at radius 2 is 2.05 bits per heavy atom. The Hall–Kier alpha value is -1.59. The van der Waals surface area contributed by atoms with E-state index in [4.69, 9.17) is 22.4 Å². The van der Waals surface area contributed by atoms with Crippen LogP contribution in [0, 0.1) is 0 Å². The average molecular weight is 299 g/mol. The third kappa shape index (κ3) is 4.83. The smallest absolute Gasteiger partial charge is 0.305 e. The Morgan fingerprint density at radius 1 is 1.40 bits per heavy atom. The van der Waals surface area contributed by atoms with Crippen molar-refractivity contribution < 1.29 is 14.7 Å². The van der Waals surface area contributed by atoms with Crippen LogP contribution in [0.5, 0.6) is 0 Å². The fraction of sp³-hybridized carbons (Fsp3) is 0.429. The number of carboxylic acids is 1. The predicted octanol–water partition coefficient (Wildman–Crippen LogP) is 1.88. The van der Waals surface area contributed by atoms with Crippen molar-refractivity contribution in [1.29, 1.82) is 0 Å². The molecule has 0 saturated carbocycles. The Balaban J connectivity index is 2.84. The Morgan fingerprint density at radius 3 is 2.55 bits per heavy atom. The number of nitrogens with two attached hydrogens (primary N) is 1. The minimum atomic E-state index is -1.09. The lowest BCUT2D eigenvalue weighted by Gasteiger charge is -2.29. The summed E-state index contributed by atoms with van der Waals surface area (Å²) >= 11 is 5.91. The fourth-order valence-corrected chi connectivity index (χ4v) is 2.05. The molecule has 0 bridgehead atoms. The van der Waals surface area contributed by atoms with Gasteiger partial charge in [-0.3, -0.25) is 9.59 Å². The number of carboxylic acid groups (broad SMARTS) is 1. The van der Waals surface area contributed by atoms with Crippen LogP contribution >= 0.6 is 11.6 Å². The van der Waals surface area contributed by atoms with Crippen LogP contribution in [0.15, 0.2) is 24.3 Å². The molecule has 1 atom stereocenters. The highest BCUT2D eigenvalue weighted by molar-refractivity contribution is 6.30. The van der Waals surface area contributed by atoms with Gasteiger partial charge >= 0.3 is 5.97 Å². The lowest BCUT2D eigenvalue weighted by atomic mass is 10.1. The number of nitrogens with zero attached hydrogens (tertiary/aromatic N) is 1. The molecule has 110 valence electrons. The van der Waals surface area contributed by atoms with Crippen LogP contribution in [0.1, 0.15) is 25.8 Å². The van der Waals surface area contributed by atoms with Crippen molar-refractivity contribution >= 4 is 23.5 Å². The summed E-state index contributed by atoms with van der Waals surface area (Å²) in [5.41, 5.74) is 6.52. The summed E-state index contributed by atoms with van der Waals surface area (Å²) < 4.78 is 0. The summed E-state index contributed by atoms with van der Waals surface area (Å²) in [4.78, 5) is 24.4. The molecule has 0 spiro atoms. The second kappa shape index (κ2) is 7.26. The molecule has 0 aromatic heterocycles. The van der Waals surface area contributed by atoms with E-state index in [0.29, 0.717) is 11.6 Å². The van der Waals surface area contributed by atoms with Crippen molar-refractivity contribution in [3.63, 3.8) is 0 Å². The molecule has 1 amide bonds. The minimum absolute atomic E-state index is 0.0821. The average Bonchev–Trinajstić information content (AvgIpc) is 2.34. The predicted molar refractivity (Wildman–Crippen MR) is 77.4 cm³/mol. The van der Waals surface area contributed by atoms with Gasteiger partial charge in [0.15, 0.2) is 0 Å². The van der Waals surface area contributed by atoms with Gasteiger partial charge in [-0.25, -0.2) is 0 Å². The molecule has 0 heterocycles. The zero-order valence-corrected chi connectivity index (χ0v) is 12.3. The molecule has 0 aliphatic rings. The Labute approximate surface area is 123 Å². The topological polar surface area (TPSA) is 83.6 Å². The van der Waals surface area contributed by atoms with Crippen LogP contribution < -0.4 is 5.73 Å². The highest BCUT2D eigenvalue weighted by Crippen LogP contribution is 2.15. The van der Waals surface area contributed by atoms with E-state index in [0.717, 1.165) is 5.56 Å². The van der Waals surface area contributed by atoms with Gasteiger partial charge in [0.1, 0.15) is 0 Å². The van der Waals surface area contributed by atoms with Crippen LogP contribution in [0.3, 0.4) is 0 Å². The van der Waals surface area contributed by atoms with Crippen LogP contribution in [0.4, 0.5) is 0 Å². The van der Waals surface area contributed by atoms with Gasteiger partial charge in [-0.15, -0.1) is 0 Å². The van der Waals surface area contributed by atoms with Gasteiger partial charge in [0, 0.05) is 17.6 Å². The normalized spacial score (nSPS) is 12.2. The molecule has 0 aliphatic carbocycles. The number of carbonyl (C=O) groups is 2. The maximum absolute atomic E-state index is 12.2. The van der Waals surface area contributed by atoms with Crippen molar-refractivity contribution in [2.45, 2.75) is 38.9 Å². The number of aliphatic carboxylic acids is 1. The third-order valence-electron chi connectivity index (χ3n) is 2.86. The first-order valence-electron chi connectivity index (χ1n) is 6.33. The number of rotatable bonds is 6. The zero-order valence-electron chi connectivity index (χ0n) is 11.5. The molecule has 0 aliphatic heterocycles. The number of hydrogen-bond acceptors (Lipinski definition) is 3. The maximum atomic E-state index is 12.2. The van der Waals surface area contributed by atoms with Crippen molar-refractivity contribution in [3.8, 4) is 0 Å². The molecule has 0 saturated heterocycles. The molecule has 6 heteroatoms. The quantitative estimate of drug-likeness (QED) is 0.840. The van der Waals surface area contributed by atoms with E-state index in [2.05, 4.69) is 0 Å². The van der Waals surface area contributed by atoms with E-state index >= 15 is 0 Å². The summed E-state index contributed by atoms with van der Waals surface area (Å²) in [5.74, 6) is -1.46. The largest absolute Gasteiger partial charge is 0.481 e. The summed E-state index contributed by atoms with van der Waals surface area (Å²) in [6, 6.07) is 6.07. The highest BCUT2D eigenvalue weighted by Gasteiger charge is 2.25. The maximum Gasteiger partial charge on any atom is 0.305 e. The van der Waals surface area contributed by atoms with Crippen LogP contribution in [0.2, 0.25) is 5.02 Å². The van der Waals surface area contributed by atoms with Crippen molar-refractivity contribution in [2.24, 2.45) is 5.73 Å². The number of carbonyl (C=O) groups excluding carboxylic acids is 1. The third-order valence-corrected chi connectivity index (χ3v) is 3.10. The van der Waals surface area contributed by atoms with E-state index in [1.807, 2.05) is 19.9 Å². The van der Waals surface area contributed by atoms with Crippen LogP contribution in [0.25, 0.3) is 0 Å². The molecule has 1 aromatic carbocycles. The van der Waals surface area contributed by atoms with Gasteiger partial charge in [-0.05, 0) is 31.5 Å². The standard InChI is InChI=1S/C14H19ClN2O3/c1-9(2)17(14(20)12(16)7-13(18)19)8-10-4-3-5-11(15)6-10/h3-6,9,12H,7-8,16H2,1-2H3,(H,18,19). The molecule has 3 N–H and O–H groups in total. The SMILES string of the molecule is CC(C)N(Cc1cccc(Cl)c1)C(=O)C(N)CC(=O)O. The van der Waals surface area contributed by atoms with E-state index in [1.165, 1.54) is 0 Å². The molecule has 20 heavy (non-hydrogen) atoms. The summed E-state index contributed by atoms with van der Waals surface area (Å²) in [6.45, 7) is 4.07. The molecular weight excluding hydrogens is 280 g/mol. The molecule has 0 radical (unpaired) electrons. The summed E-state index contributed by atoms with van der Waals surface area (Å²) in [7, 11) is 0. The molecule has 5 nitrogen and oxygen atoms in total. The van der Waals surface area contributed by atoms with Gasteiger partial charge < -0.3 is 15.7 Å². The van der Waals surface area contributed by atoms with Gasteiger partial charge in [0.25, 0.3) is 0 Å². The second-order valence-electron chi connectivity index (χ2n) is 4.89. The molecule has 1 aromatic rings. The Kier molecular flexibility index (Phi) is 5.98. The minimum Gasteiger partial charge on any atom is -0.481 e. The number of amides is 1. The number of hydrogen-bond donors (Lipinski definition) is 2. The zero-order chi connectivity index (χ0) is 15.3. The van der Waals surface area contributed by atoms with Crippen molar-refractivity contribution in [3.05, 3.63) is 34.9 Å². The molecule has 1 unspecified atom stereocenters. The van der Waals surface area contributed by atoms with Gasteiger partial charge in [0.05, 0.1) is 12.5 Å². The summed E-state index contributed by atoms with van der Waals surface area (Å²) in [6.07, 6.45) is -0.377. The summed E-state index contributed by atoms with van der Waals surface area (Å²) in [5, 5.41) is 9.30. The first-order chi connectivity index (χ1) is 9.31. The van der Waals surface area contributed by atoms with Gasteiger partial charge in [-0.1, -0.05) is 23.7 Å². The van der Waals surface area contributed by atoms with E-state index in [9.17, 15) is 9.59 Å². The van der Waals surface area contributed by atoms with E-state index in [-0.39, 0.29) is 18.4 Å². The molecular formula is C14H19ClN2O3. The van der Waals surface area contributed by atoms with Gasteiger partial charge in [0.2, 0.25) is 5.91 Å². The van der Waals surface area contributed by atoms with E-state index < -0.39 is 12.0 Å². The van der Waals surface area contributed by atoms with Crippen LogP contribution in [-0.2, 0) is 16.1 Å². The highest BCUT2D eigenvalue weighted by atomic mass is 35.5. The number of benzene rings is 1.